The molecule has 4 aromatic carbocycles. The summed E-state index contributed by atoms with van der Waals surface area (Å²) in [6, 6.07) is 34.8. The number of nitrogens with zero attached hydrogens (tertiary/aromatic N) is 2. The molecule has 0 aliphatic rings. The van der Waals surface area contributed by atoms with Crippen molar-refractivity contribution >= 4 is 22.7 Å². The van der Waals surface area contributed by atoms with Crippen molar-refractivity contribution in [3.05, 3.63) is 119 Å². The Hall–Kier alpha value is -3.52. The molecule has 0 N–H and O–H groups in total. The van der Waals surface area contributed by atoms with Crippen LogP contribution in [0, 0.1) is 27.7 Å². The largest absolute Gasteiger partial charge is 0.249 e. The van der Waals surface area contributed by atoms with E-state index in [2.05, 4.69) is 135 Å². The molecule has 2 nitrogen and oxygen atoms in total. The highest BCUT2D eigenvalue weighted by atomic mass is 15.6. The van der Waals surface area contributed by atoms with Gasteiger partial charge in [0.15, 0.2) is 0 Å². The van der Waals surface area contributed by atoms with Gasteiger partial charge < -0.3 is 0 Å². The van der Waals surface area contributed by atoms with E-state index in [4.69, 9.17) is 0 Å². The Morgan fingerprint density at radius 2 is 0.467 bits per heavy atom. The zero-order valence-electron chi connectivity index (χ0n) is 18.1. The third-order valence-electron chi connectivity index (χ3n) is 5.31. The van der Waals surface area contributed by atoms with Crippen molar-refractivity contribution in [2.75, 3.05) is 10.0 Å². The molecule has 0 aromatic heterocycles. The fraction of sp³-hybridized carbons (Fsp3) is 0.143. The molecule has 0 heterocycles. The van der Waals surface area contributed by atoms with Crippen LogP contribution in [0.3, 0.4) is 0 Å². The van der Waals surface area contributed by atoms with E-state index >= 15 is 0 Å². The van der Waals surface area contributed by atoms with Crippen LogP contribution in [0.1, 0.15) is 22.3 Å². The minimum absolute atomic E-state index is 1.12. The molecular formula is C28H28N2. The van der Waals surface area contributed by atoms with Gasteiger partial charge in [-0.25, -0.2) is 10.0 Å². The Morgan fingerprint density at radius 3 is 0.633 bits per heavy atom. The molecule has 0 spiro atoms. The third-order valence-corrected chi connectivity index (χ3v) is 5.31. The molecular weight excluding hydrogens is 364 g/mol. The highest BCUT2D eigenvalue weighted by molar-refractivity contribution is 5.77. The van der Waals surface area contributed by atoms with Crippen molar-refractivity contribution < 1.29 is 0 Å². The molecule has 0 radical (unpaired) electrons. The second-order valence-electron chi connectivity index (χ2n) is 7.97. The van der Waals surface area contributed by atoms with Crippen LogP contribution in [0.5, 0.6) is 0 Å². The normalized spacial score (nSPS) is 10.7. The van der Waals surface area contributed by atoms with Gasteiger partial charge in [-0.2, -0.15) is 0 Å². The molecule has 0 unspecified atom stereocenters. The summed E-state index contributed by atoms with van der Waals surface area (Å²) < 4.78 is 0. The first kappa shape index (κ1) is 19.8. The van der Waals surface area contributed by atoms with Gasteiger partial charge in [0.1, 0.15) is 0 Å². The Bertz CT molecular complexity index is 909. The number of benzene rings is 4. The van der Waals surface area contributed by atoms with E-state index in [1.807, 2.05) is 0 Å². The minimum atomic E-state index is 1.12. The van der Waals surface area contributed by atoms with E-state index in [0.717, 1.165) is 22.7 Å². The topological polar surface area (TPSA) is 6.48 Å². The molecule has 0 saturated heterocycles. The number of rotatable bonds is 5. The van der Waals surface area contributed by atoms with Gasteiger partial charge in [0, 0.05) is 0 Å². The van der Waals surface area contributed by atoms with Crippen LogP contribution >= 0.6 is 0 Å². The summed E-state index contributed by atoms with van der Waals surface area (Å²) in [5.74, 6) is 0. The lowest BCUT2D eigenvalue weighted by Crippen LogP contribution is -2.35. The van der Waals surface area contributed by atoms with Crippen LogP contribution < -0.4 is 10.0 Å². The first-order chi connectivity index (χ1) is 14.5. The maximum Gasteiger partial charge on any atom is 0.0637 e. The summed E-state index contributed by atoms with van der Waals surface area (Å²) in [6.07, 6.45) is 0. The van der Waals surface area contributed by atoms with Crippen molar-refractivity contribution in [2.45, 2.75) is 27.7 Å². The maximum absolute atomic E-state index is 2.29. The molecule has 30 heavy (non-hydrogen) atoms. The smallest absolute Gasteiger partial charge is 0.0637 e. The molecule has 0 amide bonds. The lowest BCUT2D eigenvalue weighted by molar-refractivity contribution is 0.987. The molecule has 4 rings (SSSR count). The van der Waals surface area contributed by atoms with Gasteiger partial charge >= 0.3 is 0 Å². The van der Waals surface area contributed by atoms with E-state index in [1.54, 1.807) is 0 Å². The van der Waals surface area contributed by atoms with Crippen molar-refractivity contribution in [3.63, 3.8) is 0 Å². The fourth-order valence-corrected chi connectivity index (χ4v) is 3.50. The van der Waals surface area contributed by atoms with Crippen LogP contribution in [0.25, 0.3) is 0 Å². The molecule has 2 heteroatoms. The van der Waals surface area contributed by atoms with Gasteiger partial charge in [-0.05, 0) is 76.2 Å². The van der Waals surface area contributed by atoms with E-state index in [1.165, 1.54) is 22.3 Å². The van der Waals surface area contributed by atoms with Crippen molar-refractivity contribution in [2.24, 2.45) is 0 Å². The van der Waals surface area contributed by atoms with E-state index in [0.29, 0.717) is 0 Å². The quantitative estimate of drug-likeness (QED) is 0.320. The van der Waals surface area contributed by atoms with E-state index in [-0.39, 0.29) is 0 Å². The van der Waals surface area contributed by atoms with Gasteiger partial charge in [-0.1, -0.05) is 70.8 Å². The van der Waals surface area contributed by atoms with E-state index < -0.39 is 0 Å². The van der Waals surface area contributed by atoms with Crippen LogP contribution in [0.15, 0.2) is 97.1 Å². The standard InChI is InChI=1S/C28H28N2/c1-21-5-13-25(14-6-21)29(26-15-7-22(2)8-16-26)30(27-17-9-23(3)10-18-27)28-19-11-24(4)12-20-28/h5-20H,1-4H3. The second-order valence-corrected chi connectivity index (χ2v) is 7.97. The van der Waals surface area contributed by atoms with E-state index in [9.17, 15) is 0 Å². The summed E-state index contributed by atoms with van der Waals surface area (Å²) in [5, 5.41) is 4.57. The molecule has 0 aliphatic carbocycles. The van der Waals surface area contributed by atoms with Crippen LogP contribution in [-0.4, -0.2) is 0 Å². The zero-order chi connectivity index (χ0) is 21.1. The number of hydrogen-bond donors (Lipinski definition) is 0. The van der Waals surface area contributed by atoms with Gasteiger partial charge in [-0.15, -0.1) is 0 Å². The highest BCUT2D eigenvalue weighted by Gasteiger charge is 2.21. The Balaban J connectivity index is 1.93. The maximum atomic E-state index is 2.29. The molecule has 0 atom stereocenters. The minimum Gasteiger partial charge on any atom is -0.249 e. The average Bonchev–Trinajstić information content (AvgIpc) is 2.75. The monoisotopic (exact) mass is 392 g/mol. The van der Waals surface area contributed by atoms with Crippen LogP contribution in [0.2, 0.25) is 0 Å². The van der Waals surface area contributed by atoms with Gasteiger partial charge in [0.2, 0.25) is 0 Å². The molecule has 0 fully saturated rings. The van der Waals surface area contributed by atoms with Crippen molar-refractivity contribution in [1.82, 2.24) is 0 Å². The van der Waals surface area contributed by atoms with Crippen LogP contribution in [0.4, 0.5) is 22.7 Å². The predicted octanol–water partition coefficient (Wildman–Crippen LogP) is 7.81. The Labute approximate surface area is 180 Å². The number of hydrogen-bond acceptors (Lipinski definition) is 2. The first-order valence-electron chi connectivity index (χ1n) is 10.4. The fourth-order valence-electron chi connectivity index (χ4n) is 3.50. The lowest BCUT2D eigenvalue weighted by atomic mass is 10.1. The Morgan fingerprint density at radius 1 is 0.300 bits per heavy atom. The summed E-state index contributed by atoms with van der Waals surface area (Å²) >= 11 is 0. The zero-order valence-corrected chi connectivity index (χ0v) is 18.1. The van der Waals surface area contributed by atoms with Crippen molar-refractivity contribution in [3.8, 4) is 0 Å². The Kier molecular flexibility index (Phi) is 5.58. The summed E-state index contributed by atoms with van der Waals surface area (Å²) in [5.41, 5.74) is 9.46. The third kappa shape index (κ3) is 4.23. The number of hydrazine groups is 1. The molecule has 0 aliphatic heterocycles. The van der Waals surface area contributed by atoms with Crippen LogP contribution in [-0.2, 0) is 0 Å². The lowest BCUT2D eigenvalue weighted by Gasteiger charge is -2.38. The highest BCUT2D eigenvalue weighted by Crippen LogP contribution is 2.37. The second kappa shape index (κ2) is 8.46. The van der Waals surface area contributed by atoms with Gasteiger partial charge in [-0.3, -0.25) is 0 Å². The summed E-state index contributed by atoms with van der Waals surface area (Å²) in [6.45, 7) is 8.49. The summed E-state index contributed by atoms with van der Waals surface area (Å²) in [7, 11) is 0. The molecule has 0 bridgehead atoms. The number of aryl methyl sites for hydroxylation is 4. The number of anilines is 4. The van der Waals surface area contributed by atoms with Gasteiger partial charge in [0.25, 0.3) is 0 Å². The summed E-state index contributed by atoms with van der Waals surface area (Å²) in [4.78, 5) is 0. The average molecular weight is 393 g/mol. The first-order valence-corrected chi connectivity index (χ1v) is 10.4. The predicted molar refractivity (Wildman–Crippen MR) is 129 cm³/mol. The van der Waals surface area contributed by atoms with Gasteiger partial charge in [0.05, 0.1) is 22.7 Å². The molecule has 150 valence electrons. The SMILES string of the molecule is Cc1ccc(N(c2ccc(C)cc2)N(c2ccc(C)cc2)c2ccc(C)cc2)cc1. The van der Waals surface area contributed by atoms with Crippen molar-refractivity contribution in [1.29, 1.82) is 0 Å². The molecule has 0 saturated carbocycles. The molecule has 4 aromatic rings.